The van der Waals surface area contributed by atoms with Gasteiger partial charge < -0.3 is 10.3 Å². The highest BCUT2D eigenvalue weighted by molar-refractivity contribution is 5.85. The Morgan fingerprint density at radius 1 is 1.57 bits per heavy atom. The molecule has 2 N–H and O–H groups in total. The minimum atomic E-state index is -0.402. The third-order valence-corrected chi connectivity index (χ3v) is 2.04. The summed E-state index contributed by atoms with van der Waals surface area (Å²) in [6, 6.07) is 5.72. The van der Waals surface area contributed by atoms with Crippen LogP contribution >= 0.6 is 0 Å². The third-order valence-electron chi connectivity index (χ3n) is 2.04. The van der Waals surface area contributed by atoms with Crippen molar-refractivity contribution in [1.82, 2.24) is 5.16 Å². The number of fused-ring (bicyclic) bond motifs is 1. The van der Waals surface area contributed by atoms with Gasteiger partial charge in [-0.05, 0) is 24.6 Å². The molecule has 2 aromatic rings. The standard InChI is InChI=1S/C10H10N2O2/c1-6-2-3-7-8(5-10(11)13)12-14-9(7)4-6/h2-4H,5H2,1H3,(H2,11,13). The molecule has 0 aliphatic carbocycles. The van der Waals surface area contributed by atoms with Gasteiger partial charge in [-0.2, -0.15) is 0 Å². The van der Waals surface area contributed by atoms with E-state index >= 15 is 0 Å². The maximum absolute atomic E-state index is 10.7. The van der Waals surface area contributed by atoms with Gasteiger partial charge in [0.15, 0.2) is 5.58 Å². The lowest BCUT2D eigenvalue weighted by Crippen LogP contribution is -2.13. The molecule has 14 heavy (non-hydrogen) atoms. The van der Waals surface area contributed by atoms with Crippen LogP contribution in [0.15, 0.2) is 22.7 Å². The molecule has 0 atom stereocenters. The number of aryl methyl sites for hydroxylation is 1. The smallest absolute Gasteiger partial charge is 0.223 e. The average molecular weight is 190 g/mol. The zero-order valence-electron chi connectivity index (χ0n) is 7.78. The van der Waals surface area contributed by atoms with Crippen LogP contribution in [0.3, 0.4) is 0 Å². The second-order valence-electron chi connectivity index (χ2n) is 3.27. The molecule has 0 radical (unpaired) electrons. The van der Waals surface area contributed by atoms with Crippen LogP contribution < -0.4 is 5.73 Å². The lowest BCUT2D eigenvalue weighted by atomic mass is 10.1. The molecule has 0 saturated carbocycles. The summed E-state index contributed by atoms with van der Waals surface area (Å²) in [6.45, 7) is 1.97. The molecular formula is C10H10N2O2. The number of hydrogen-bond acceptors (Lipinski definition) is 3. The van der Waals surface area contributed by atoms with Crippen LogP contribution in [-0.2, 0) is 11.2 Å². The van der Waals surface area contributed by atoms with Crippen molar-refractivity contribution in [2.75, 3.05) is 0 Å². The Morgan fingerprint density at radius 3 is 3.07 bits per heavy atom. The zero-order chi connectivity index (χ0) is 10.1. The van der Waals surface area contributed by atoms with Crippen molar-refractivity contribution in [3.63, 3.8) is 0 Å². The molecule has 72 valence electrons. The van der Waals surface area contributed by atoms with Crippen LogP contribution in [-0.4, -0.2) is 11.1 Å². The molecule has 0 unspecified atom stereocenters. The number of primary amides is 1. The van der Waals surface area contributed by atoms with E-state index in [0.29, 0.717) is 11.3 Å². The fourth-order valence-corrected chi connectivity index (χ4v) is 1.39. The van der Waals surface area contributed by atoms with Gasteiger partial charge >= 0.3 is 0 Å². The fraction of sp³-hybridized carbons (Fsp3) is 0.200. The van der Waals surface area contributed by atoms with E-state index in [1.807, 2.05) is 25.1 Å². The Balaban J connectivity index is 2.52. The summed E-state index contributed by atoms with van der Waals surface area (Å²) in [5, 5.41) is 4.66. The molecule has 1 amide bonds. The van der Waals surface area contributed by atoms with Crippen LogP contribution in [0.2, 0.25) is 0 Å². The number of hydrogen-bond donors (Lipinski definition) is 1. The van der Waals surface area contributed by atoms with E-state index in [9.17, 15) is 4.79 Å². The summed E-state index contributed by atoms with van der Waals surface area (Å²) in [5.41, 5.74) is 7.48. The van der Waals surface area contributed by atoms with E-state index in [4.69, 9.17) is 10.3 Å². The summed E-state index contributed by atoms with van der Waals surface area (Å²) in [7, 11) is 0. The van der Waals surface area contributed by atoms with Crippen LogP contribution in [0.5, 0.6) is 0 Å². The molecule has 2 rings (SSSR count). The molecule has 1 aromatic carbocycles. The Labute approximate surface area is 80.7 Å². The van der Waals surface area contributed by atoms with Gasteiger partial charge in [0.2, 0.25) is 5.91 Å². The third kappa shape index (κ3) is 1.46. The highest BCUT2D eigenvalue weighted by atomic mass is 16.5. The summed E-state index contributed by atoms with van der Waals surface area (Å²) >= 11 is 0. The molecule has 0 spiro atoms. The number of carbonyl (C=O) groups is 1. The minimum absolute atomic E-state index is 0.121. The van der Waals surface area contributed by atoms with Gasteiger partial charge in [0.1, 0.15) is 5.69 Å². The first kappa shape index (κ1) is 8.74. The van der Waals surface area contributed by atoms with Gasteiger partial charge in [-0.25, -0.2) is 0 Å². The number of rotatable bonds is 2. The second-order valence-corrected chi connectivity index (χ2v) is 3.27. The van der Waals surface area contributed by atoms with E-state index < -0.39 is 5.91 Å². The fourth-order valence-electron chi connectivity index (χ4n) is 1.39. The van der Waals surface area contributed by atoms with Gasteiger partial charge in [0, 0.05) is 5.39 Å². The van der Waals surface area contributed by atoms with E-state index in [1.54, 1.807) is 0 Å². The first-order valence-corrected chi connectivity index (χ1v) is 4.30. The number of aromatic nitrogens is 1. The molecule has 0 fully saturated rings. The second kappa shape index (κ2) is 3.14. The number of benzene rings is 1. The number of carbonyl (C=O) groups excluding carboxylic acids is 1. The summed E-state index contributed by atoms with van der Waals surface area (Å²) in [4.78, 5) is 10.7. The highest BCUT2D eigenvalue weighted by Gasteiger charge is 2.09. The van der Waals surface area contributed by atoms with Crippen LogP contribution in [0, 0.1) is 6.92 Å². The lowest BCUT2D eigenvalue weighted by molar-refractivity contribution is -0.117. The maximum atomic E-state index is 10.7. The van der Waals surface area contributed by atoms with Crippen LogP contribution in [0.25, 0.3) is 11.0 Å². The van der Waals surface area contributed by atoms with E-state index in [0.717, 1.165) is 10.9 Å². The van der Waals surface area contributed by atoms with Gasteiger partial charge in [0.05, 0.1) is 6.42 Å². The molecule has 1 aromatic heterocycles. The van der Waals surface area contributed by atoms with Crippen molar-refractivity contribution in [3.8, 4) is 0 Å². The molecule has 4 nitrogen and oxygen atoms in total. The summed E-state index contributed by atoms with van der Waals surface area (Å²) in [5.74, 6) is -0.402. The average Bonchev–Trinajstić information content (AvgIpc) is 2.47. The predicted molar refractivity (Wildman–Crippen MR) is 51.6 cm³/mol. The van der Waals surface area contributed by atoms with Crippen LogP contribution in [0.4, 0.5) is 0 Å². The van der Waals surface area contributed by atoms with Crippen molar-refractivity contribution in [2.24, 2.45) is 5.73 Å². The molecule has 0 aliphatic rings. The first-order valence-electron chi connectivity index (χ1n) is 4.30. The van der Waals surface area contributed by atoms with E-state index in [-0.39, 0.29) is 6.42 Å². The largest absolute Gasteiger partial charge is 0.369 e. The normalized spacial score (nSPS) is 10.6. The number of nitrogens with two attached hydrogens (primary N) is 1. The SMILES string of the molecule is Cc1ccc2c(CC(N)=O)noc2c1. The molecule has 1 heterocycles. The van der Waals surface area contributed by atoms with Gasteiger partial charge in [-0.3, -0.25) is 4.79 Å². The number of amides is 1. The summed E-state index contributed by atoms with van der Waals surface area (Å²) in [6.07, 6.45) is 0.121. The Morgan fingerprint density at radius 2 is 2.36 bits per heavy atom. The highest BCUT2D eigenvalue weighted by Crippen LogP contribution is 2.19. The molecule has 0 aliphatic heterocycles. The zero-order valence-corrected chi connectivity index (χ0v) is 7.78. The quantitative estimate of drug-likeness (QED) is 0.772. The van der Waals surface area contributed by atoms with E-state index in [1.165, 1.54) is 0 Å². The van der Waals surface area contributed by atoms with E-state index in [2.05, 4.69) is 5.16 Å². The lowest BCUT2D eigenvalue weighted by Gasteiger charge is -1.92. The van der Waals surface area contributed by atoms with Gasteiger partial charge in [-0.15, -0.1) is 0 Å². The van der Waals surface area contributed by atoms with Crippen molar-refractivity contribution >= 4 is 16.9 Å². The topological polar surface area (TPSA) is 69.1 Å². The molecule has 4 heteroatoms. The molecule has 0 bridgehead atoms. The molecular weight excluding hydrogens is 180 g/mol. The Bertz CT molecular complexity index is 488. The molecule has 0 saturated heterocycles. The Hall–Kier alpha value is -1.84. The van der Waals surface area contributed by atoms with Gasteiger partial charge in [0.25, 0.3) is 0 Å². The van der Waals surface area contributed by atoms with Gasteiger partial charge in [-0.1, -0.05) is 11.2 Å². The van der Waals surface area contributed by atoms with Crippen molar-refractivity contribution in [3.05, 3.63) is 29.5 Å². The summed E-state index contributed by atoms with van der Waals surface area (Å²) < 4.78 is 5.07. The van der Waals surface area contributed by atoms with Crippen LogP contribution in [0.1, 0.15) is 11.3 Å². The van der Waals surface area contributed by atoms with Crippen molar-refractivity contribution in [1.29, 1.82) is 0 Å². The first-order chi connectivity index (χ1) is 6.66. The minimum Gasteiger partial charge on any atom is -0.369 e. The monoisotopic (exact) mass is 190 g/mol. The predicted octanol–water partition coefficient (Wildman–Crippen LogP) is 1.16. The maximum Gasteiger partial charge on any atom is 0.223 e. The Kier molecular flexibility index (Phi) is 1.96. The number of nitrogens with zero attached hydrogens (tertiary/aromatic N) is 1. The van der Waals surface area contributed by atoms with Crippen molar-refractivity contribution in [2.45, 2.75) is 13.3 Å². The van der Waals surface area contributed by atoms with Crippen molar-refractivity contribution < 1.29 is 9.32 Å².